The Morgan fingerprint density at radius 2 is 1.85 bits per heavy atom. The third-order valence-corrected chi connectivity index (χ3v) is 3.75. The van der Waals surface area contributed by atoms with Gasteiger partial charge in [0.05, 0.1) is 6.04 Å². The molecule has 2 aromatic carbocycles. The summed E-state index contributed by atoms with van der Waals surface area (Å²) in [6.07, 6.45) is 0. The van der Waals surface area contributed by atoms with Gasteiger partial charge in [0.2, 0.25) is 0 Å². The van der Waals surface area contributed by atoms with Crippen LogP contribution in [-0.4, -0.2) is 6.54 Å². The van der Waals surface area contributed by atoms with Crippen molar-refractivity contribution in [1.29, 1.82) is 0 Å². The molecule has 1 nitrogen and oxygen atoms in total. The number of halogens is 2. The Kier molecular flexibility index (Phi) is 4.79. The SMILES string of the molecule is CCNC(c1cc(F)ccc1C)c1ccc(C)cc1Cl. The number of aryl methyl sites for hydroxylation is 2. The summed E-state index contributed by atoms with van der Waals surface area (Å²) in [4.78, 5) is 0. The summed E-state index contributed by atoms with van der Waals surface area (Å²) in [6, 6.07) is 10.8. The second-order valence-electron chi connectivity index (χ2n) is 5.02. The number of hydrogen-bond donors (Lipinski definition) is 1. The smallest absolute Gasteiger partial charge is 0.123 e. The molecule has 0 aliphatic heterocycles. The van der Waals surface area contributed by atoms with Gasteiger partial charge in [0.1, 0.15) is 5.82 Å². The van der Waals surface area contributed by atoms with Crippen LogP contribution in [0, 0.1) is 19.7 Å². The van der Waals surface area contributed by atoms with E-state index < -0.39 is 0 Å². The molecule has 1 N–H and O–H groups in total. The molecule has 0 spiro atoms. The maximum atomic E-state index is 13.6. The highest BCUT2D eigenvalue weighted by molar-refractivity contribution is 6.31. The van der Waals surface area contributed by atoms with Crippen LogP contribution in [0.3, 0.4) is 0 Å². The molecule has 0 fully saturated rings. The van der Waals surface area contributed by atoms with Gasteiger partial charge in [-0.05, 0) is 60.8 Å². The molecule has 0 saturated carbocycles. The van der Waals surface area contributed by atoms with Gasteiger partial charge in [-0.3, -0.25) is 0 Å². The zero-order chi connectivity index (χ0) is 14.7. The van der Waals surface area contributed by atoms with E-state index in [-0.39, 0.29) is 11.9 Å². The van der Waals surface area contributed by atoms with E-state index in [1.807, 2.05) is 39.0 Å². The Morgan fingerprint density at radius 1 is 1.10 bits per heavy atom. The normalized spacial score (nSPS) is 12.4. The number of rotatable bonds is 4. The van der Waals surface area contributed by atoms with Crippen LogP contribution < -0.4 is 5.32 Å². The first-order valence-corrected chi connectivity index (χ1v) is 7.16. The molecule has 20 heavy (non-hydrogen) atoms. The quantitative estimate of drug-likeness (QED) is 0.853. The van der Waals surface area contributed by atoms with Crippen molar-refractivity contribution in [2.24, 2.45) is 0 Å². The number of nitrogens with one attached hydrogen (secondary N) is 1. The summed E-state index contributed by atoms with van der Waals surface area (Å²) < 4.78 is 13.6. The molecule has 2 aromatic rings. The van der Waals surface area contributed by atoms with Gasteiger partial charge < -0.3 is 5.32 Å². The zero-order valence-corrected chi connectivity index (χ0v) is 12.8. The maximum Gasteiger partial charge on any atom is 0.123 e. The van der Waals surface area contributed by atoms with Crippen LogP contribution in [-0.2, 0) is 0 Å². The van der Waals surface area contributed by atoms with E-state index >= 15 is 0 Å². The van der Waals surface area contributed by atoms with E-state index in [2.05, 4.69) is 5.32 Å². The van der Waals surface area contributed by atoms with Gasteiger partial charge in [-0.1, -0.05) is 36.7 Å². The first-order chi connectivity index (χ1) is 9.52. The molecule has 1 atom stereocenters. The van der Waals surface area contributed by atoms with Crippen molar-refractivity contribution in [1.82, 2.24) is 5.32 Å². The minimum atomic E-state index is -0.225. The average Bonchev–Trinajstić information content (AvgIpc) is 2.40. The van der Waals surface area contributed by atoms with Crippen molar-refractivity contribution in [3.8, 4) is 0 Å². The molecule has 1 unspecified atom stereocenters. The second-order valence-corrected chi connectivity index (χ2v) is 5.42. The van der Waals surface area contributed by atoms with Crippen molar-refractivity contribution >= 4 is 11.6 Å². The summed E-state index contributed by atoms with van der Waals surface area (Å²) in [7, 11) is 0. The molecule has 106 valence electrons. The molecule has 2 rings (SSSR count). The molecular weight excluding hydrogens is 273 g/mol. The monoisotopic (exact) mass is 291 g/mol. The van der Waals surface area contributed by atoms with Crippen LogP contribution in [0.2, 0.25) is 5.02 Å². The fourth-order valence-corrected chi connectivity index (χ4v) is 2.72. The van der Waals surface area contributed by atoms with Crippen molar-refractivity contribution < 1.29 is 4.39 Å². The second kappa shape index (κ2) is 6.38. The Balaban J connectivity index is 2.53. The van der Waals surface area contributed by atoms with Crippen LogP contribution >= 0.6 is 11.6 Å². The Labute approximate surface area is 124 Å². The van der Waals surface area contributed by atoms with Gasteiger partial charge in [0.15, 0.2) is 0 Å². The third-order valence-electron chi connectivity index (χ3n) is 3.43. The maximum absolute atomic E-state index is 13.6. The van der Waals surface area contributed by atoms with Gasteiger partial charge in [-0.2, -0.15) is 0 Å². The third kappa shape index (κ3) is 3.20. The highest BCUT2D eigenvalue weighted by Gasteiger charge is 2.18. The summed E-state index contributed by atoms with van der Waals surface area (Å²) in [5, 5.41) is 4.10. The van der Waals surface area contributed by atoms with Crippen molar-refractivity contribution in [2.45, 2.75) is 26.8 Å². The van der Waals surface area contributed by atoms with Gasteiger partial charge in [-0.25, -0.2) is 4.39 Å². The van der Waals surface area contributed by atoms with Crippen LogP contribution in [0.4, 0.5) is 4.39 Å². The average molecular weight is 292 g/mol. The molecule has 0 saturated heterocycles. The van der Waals surface area contributed by atoms with Crippen molar-refractivity contribution in [3.63, 3.8) is 0 Å². The standard InChI is InChI=1S/C17H19ClFN/c1-4-20-17(14-8-5-11(2)9-16(14)18)15-10-13(19)7-6-12(15)3/h5-10,17,20H,4H2,1-3H3. The highest BCUT2D eigenvalue weighted by Crippen LogP contribution is 2.31. The topological polar surface area (TPSA) is 12.0 Å². The molecule has 0 aliphatic carbocycles. The van der Waals surface area contributed by atoms with Gasteiger partial charge in [-0.15, -0.1) is 0 Å². The highest BCUT2D eigenvalue weighted by atomic mass is 35.5. The largest absolute Gasteiger partial charge is 0.306 e. The molecule has 0 amide bonds. The lowest BCUT2D eigenvalue weighted by Gasteiger charge is -2.22. The number of hydrogen-bond acceptors (Lipinski definition) is 1. The molecule has 0 aromatic heterocycles. The van der Waals surface area contributed by atoms with Gasteiger partial charge >= 0.3 is 0 Å². The molecule has 0 heterocycles. The fraction of sp³-hybridized carbons (Fsp3) is 0.294. The Hall–Kier alpha value is -1.38. The minimum absolute atomic E-state index is 0.0937. The Morgan fingerprint density at radius 3 is 2.50 bits per heavy atom. The van der Waals surface area contributed by atoms with Crippen LogP contribution in [0.25, 0.3) is 0 Å². The van der Waals surface area contributed by atoms with E-state index in [0.717, 1.165) is 28.8 Å². The first kappa shape index (κ1) is 15.0. The summed E-state index contributed by atoms with van der Waals surface area (Å²) in [5.41, 5.74) is 4.07. The van der Waals surface area contributed by atoms with Crippen LogP contribution in [0.5, 0.6) is 0 Å². The minimum Gasteiger partial charge on any atom is -0.306 e. The molecule has 0 bridgehead atoms. The summed E-state index contributed by atoms with van der Waals surface area (Å²) in [6.45, 7) is 6.81. The van der Waals surface area contributed by atoms with Crippen molar-refractivity contribution in [2.75, 3.05) is 6.54 Å². The Bertz CT molecular complexity index is 610. The van der Waals surface area contributed by atoms with Crippen LogP contribution in [0.15, 0.2) is 36.4 Å². The van der Waals surface area contributed by atoms with Crippen molar-refractivity contribution in [3.05, 3.63) is 69.5 Å². The van der Waals surface area contributed by atoms with E-state index in [0.29, 0.717) is 5.02 Å². The van der Waals surface area contributed by atoms with Crippen LogP contribution in [0.1, 0.15) is 35.2 Å². The molecular formula is C17H19ClFN. The number of benzene rings is 2. The lowest BCUT2D eigenvalue weighted by molar-refractivity contribution is 0.600. The summed E-state index contributed by atoms with van der Waals surface area (Å²) in [5.74, 6) is -0.225. The van der Waals surface area contributed by atoms with E-state index in [1.54, 1.807) is 12.1 Å². The van der Waals surface area contributed by atoms with E-state index in [1.165, 1.54) is 6.07 Å². The van der Waals surface area contributed by atoms with Gasteiger partial charge in [0, 0.05) is 5.02 Å². The predicted octanol–water partition coefficient (Wildman–Crippen LogP) is 4.79. The zero-order valence-electron chi connectivity index (χ0n) is 12.0. The first-order valence-electron chi connectivity index (χ1n) is 6.78. The predicted molar refractivity (Wildman–Crippen MR) is 82.8 cm³/mol. The molecule has 3 heteroatoms. The van der Waals surface area contributed by atoms with E-state index in [9.17, 15) is 4.39 Å². The summed E-state index contributed by atoms with van der Waals surface area (Å²) >= 11 is 6.37. The van der Waals surface area contributed by atoms with Gasteiger partial charge in [0.25, 0.3) is 0 Å². The lowest BCUT2D eigenvalue weighted by Crippen LogP contribution is -2.23. The van der Waals surface area contributed by atoms with E-state index in [4.69, 9.17) is 11.6 Å². The molecule has 0 aliphatic rings. The molecule has 0 radical (unpaired) electrons. The lowest BCUT2D eigenvalue weighted by atomic mass is 9.94. The fourth-order valence-electron chi connectivity index (χ4n) is 2.38.